The number of fused-ring (bicyclic) bond motifs is 1. The quantitative estimate of drug-likeness (QED) is 0.451. The number of hydrogen-bond donors (Lipinski definition) is 0. The Balaban J connectivity index is 2.32. The second-order valence-corrected chi connectivity index (χ2v) is 7.67. The largest absolute Gasteiger partial charge is 0.451 e. The van der Waals surface area contributed by atoms with Crippen molar-refractivity contribution in [1.82, 2.24) is 0 Å². The summed E-state index contributed by atoms with van der Waals surface area (Å²) in [5, 5.41) is 0. The maximum Gasteiger partial charge on any atom is 0.333 e. The van der Waals surface area contributed by atoms with Gasteiger partial charge >= 0.3 is 5.97 Å². The molecule has 0 bridgehead atoms. The molecule has 1 aliphatic rings. The van der Waals surface area contributed by atoms with E-state index in [1.165, 1.54) is 13.3 Å². The molecule has 0 N–H and O–H groups in total. The van der Waals surface area contributed by atoms with Crippen LogP contribution in [0.1, 0.15) is 37.1 Å². The Kier molecular flexibility index (Phi) is 3.63. The Labute approximate surface area is 119 Å². The summed E-state index contributed by atoms with van der Waals surface area (Å²) < 4.78 is 6.90. The van der Waals surface area contributed by atoms with Crippen molar-refractivity contribution in [1.29, 1.82) is 0 Å². The van der Waals surface area contributed by atoms with Gasteiger partial charge in [0.2, 0.25) is 0 Å². The van der Waals surface area contributed by atoms with E-state index in [-0.39, 0.29) is 5.97 Å². The fourth-order valence-electron chi connectivity index (χ4n) is 2.15. The number of rotatable bonds is 2. The monoisotopic (exact) mass is 362 g/mol. The Morgan fingerprint density at radius 3 is 3.00 bits per heavy atom. The van der Waals surface area contributed by atoms with Gasteiger partial charge in [-0.1, -0.05) is 6.58 Å². The van der Waals surface area contributed by atoms with E-state index in [9.17, 15) is 4.79 Å². The lowest BCUT2D eigenvalue weighted by molar-refractivity contribution is -0.155. The van der Waals surface area contributed by atoms with Crippen LogP contribution in [0.2, 0.25) is 0 Å². The van der Waals surface area contributed by atoms with E-state index >= 15 is 0 Å². The zero-order valence-corrected chi connectivity index (χ0v) is 13.0. The summed E-state index contributed by atoms with van der Waals surface area (Å²) in [4.78, 5) is 13.1. The number of esters is 1. The van der Waals surface area contributed by atoms with Crippen LogP contribution in [0.5, 0.6) is 0 Å². The van der Waals surface area contributed by atoms with E-state index < -0.39 is 5.60 Å². The Hall–Kier alpha value is -0.360. The molecule has 1 aromatic rings. The van der Waals surface area contributed by atoms with Crippen LogP contribution in [-0.2, 0) is 21.6 Å². The molecule has 0 radical (unpaired) electrons. The molecule has 0 fully saturated rings. The molecule has 0 spiro atoms. The number of aryl methyl sites for hydroxylation is 1. The van der Waals surface area contributed by atoms with Gasteiger partial charge in [-0.05, 0) is 61.8 Å². The molecule has 1 aliphatic carbocycles. The van der Waals surface area contributed by atoms with E-state index in [0.717, 1.165) is 19.3 Å². The van der Waals surface area contributed by atoms with E-state index in [1.807, 2.05) is 6.92 Å². The van der Waals surface area contributed by atoms with Gasteiger partial charge in [0.15, 0.2) is 0 Å². The average molecular weight is 362 g/mol. The normalized spacial score (nSPS) is 23.0. The first-order valence-electron chi connectivity index (χ1n) is 5.60. The predicted octanol–water partition coefficient (Wildman–Crippen LogP) is 4.02. The number of halogens is 1. The van der Waals surface area contributed by atoms with Gasteiger partial charge in [0.25, 0.3) is 0 Å². The zero-order chi connectivity index (χ0) is 12.6. The molecule has 1 unspecified atom stereocenters. The van der Waals surface area contributed by atoms with Crippen molar-refractivity contribution in [2.45, 2.75) is 38.7 Å². The summed E-state index contributed by atoms with van der Waals surface area (Å²) in [6.45, 7) is 7.34. The van der Waals surface area contributed by atoms with Gasteiger partial charge < -0.3 is 4.74 Å². The van der Waals surface area contributed by atoms with Gasteiger partial charge in [0.1, 0.15) is 5.60 Å². The summed E-state index contributed by atoms with van der Waals surface area (Å²) in [6.07, 6.45) is 3.07. The van der Waals surface area contributed by atoms with Crippen molar-refractivity contribution in [3.05, 3.63) is 31.5 Å². The third-order valence-electron chi connectivity index (χ3n) is 3.07. The van der Waals surface area contributed by atoms with E-state index in [0.29, 0.717) is 5.57 Å². The summed E-state index contributed by atoms with van der Waals surface area (Å²) in [6, 6.07) is 2.14. The van der Waals surface area contributed by atoms with Crippen molar-refractivity contribution >= 4 is 39.9 Å². The van der Waals surface area contributed by atoms with Gasteiger partial charge in [-0.2, -0.15) is 0 Å². The van der Waals surface area contributed by atoms with Gasteiger partial charge in [-0.15, -0.1) is 11.3 Å². The molecular weight excluding hydrogens is 347 g/mol. The van der Waals surface area contributed by atoms with Crippen molar-refractivity contribution < 1.29 is 9.53 Å². The molecule has 0 amide bonds. The second kappa shape index (κ2) is 4.72. The van der Waals surface area contributed by atoms with Gasteiger partial charge in [0.05, 0.1) is 2.88 Å². The van der Waals surface area contributed by atoms with Crippen LogP contribution < -0.4 is 0 Å². The van der Waals surface area contributed by atoms with Crippen molar-refractivity contribution in [2.24, 2.45) is 0 Å². The lowest BCUT2D eigenvalue weighted by atomic mass is 9.84. The summed E-state index contributed by atoms with van der Waals surface area (Å²) in [5.41, 5.74) is 1.18. The minimum absolute atomic E-state index is 0.290. The third kappa shape index (κ3) is 2.57. The first kappa shape index (κ1) is 13.1. The van der Waals surface area contributed by atoms with Crippen LogP contribution in [0.25, 0.3) is 0 Å². The zero-order valence-electron chi connectivity index (χ0n) is 10.0. The first-order chi connectivity index (χ1) is 7.92. The maximum atomic E-state index is 11.7. The standard InChI is InChI=1S/C13H15IO2S/c1-8(2)12(15)16-13(3)6-4-5-10-9(13)7-11(14)17-10/h7H,1,4-6H2,2-3H3. The maximum absolute atomic E-state index is 11.7. The molecule has 1 heterocycles. The Morgan fingerprint density at radius 2 is 2.35 bits per heavy atom. The Morgan fingerprint density at radius 1 is 1.65 bits per heavy atom. The third-order valence-corrected chi connectivity index (χ3v) is 5.03. The van der Waals surface area contributed by atoms with Gasteiger partial charge in [-0.3, -0.25) is 0 Å². The van der Waals surface area contributed by atoms with Crippen molar-refractivity contribution in [3.63, 3.8) is 0 Å². The van der Waals surface area contributed by atoms with Crippen LogP contribution in [0.3, 0.4) is 0 Å². The molecule has 0 saturated heterocycles. The van der Waals surface area contributed by atoms with E-state index in [1.54, 1.807) is 18.3 Å². The van der Waals surface area contributed by atoms with Gasteiger partial charge in [0, 0.05) is 16.0 Å². The van der Waals surface area contributed by atoms with Crippen LogP contribution >= 0.6 is 33.9 Å². The highest BCUT2D eigenvalue weighted by Gasteiger charge is 2.37. The fourth-order valence-corrected chi connectivity index (χ4v) is 4.30. The first-order valence-corrected chi connectivity index (χ1v) is 7.49. The predicted molar refractivity (Wildman–Crippen MR) is 78.2 cm³/mol. The number of carbonyl (C=O) groups excluding carboxylic acids is 1. The summed E-state index contributed by atoms with van der Waals surface area (Å²) >= 11 is 4.13. The highest BCUT2D eigenvalue weighted by molar-refractivity contribution is 14.1. The number of thiophene rings is 1. The number of carbonyl (C=O) groups is 1. The number of hydrogen-bond acceptors (Lipinski definition) is 3. The molecule has 1 aromatic heterocycles. The highest BCUT2D eigenvalue weighted by Crippen LogP contribution is 2.42. The van der Waals surface area contributed by atoms with Gasteiger partial charge in [-0.25, -0.2) is 4.79 Å². The van der Waals surface area contributed by atoms with E-state index in [4.69, 9.17) is 4.74 Å². The van der Waals surface area contributed by atoms with Crippen molar-refractivity contribution in [2.75, 3.05) is 0 Å². The SMILES string of the molecule is C=C(C)C(=O)OC1(C)CCCc2sc(I)cc21. The fraction of sp³-hybridized carbons (Fsp3) is 0.462. The van der Waals surface area contributed by atoms with Crippen LogP contribution in [0, 0.1) is 2.88 Å². The Bertz CT molecular complexity index is 478. The summed E-state index contributed by atoms with van der Waals surface area (Å²) in [7, 11) is 0. The second-order valence-electron chi connectivity index (χ2n) is 4.64. The highest BCUT2D eigenvalue weighted by atomic mass is 127. The molecule has 17 heavy (non-hydrogen) atoms. The minimum Gasteiger partial charge on any atom is -0.451 e. The molecule has 2 rings (SSSR count). The topological polar surface area (TPSA) is 26.3 Å². The smallest absolute Gasteiger partial charge is 0.333 e. The average Bonchev–Trinajstić information content (AvgIpc) is 2.60. The molecule has 92 valence electrons. The molecule has 0 aliphatic heterocycles. The van der Waals surface area contributed by atoms with Crippen LogP contribution in [0.4, 0.5) is 0 Å². The molecule has 0 saturated carbocycles. The minimum atomic E-state index is -0.469. The lowest BCUT2D eigenvalue weighted by Gasteiger charge is -2.33. The molecule has 0 aromatic carbocycles. The van der Waals surface area contributed by atoms with E-state index in [2.05, 4.69) is 35.2 Å². The molecule has 4 heteroatoms. The lowest BCUT2D eigenvalue weighted by Crippen LogP contribution is -2.32. The van der Waals surface area contributed by atoms with Crippen molar-refractivity contribution in [3.8, 4) is 0 Å². The molecule has 1 atom stereocenters. The molecule has 2 nitrogen and oxygen atoms in total. The number of ether oxygens (including phenoxy) is 1. The van der Waals surface area contributed by atoms with Crippen LogP contribution in [0.15, 0.2) is 18.2 Å². The summed E-state index contributed by atoms with van der Waals surface area (Å²) in [5.74, 6) is -0.290. The molecular formula is C13H15IO2S. The van der Waals surface area contributed by atoms with Crippen LogP contribution in [-0.4, -0.2) is 5.97 Å².